The van der Waals surface area contributed by atoms with Crippen molar-refractivity contribution in [2.45, 2.75) is 12.3 Å². The van der Waals surface area contributed by atoms with Crippen LogP contribution in [-0.4, -0.2) is 19.7 Å². The second kappa shape index (κ2) is 4.10. The van der Waals surface area contributed by atoms with Crippen LogP contribution in [0.5, 0.6) is 0 Å². The summed E-state index contributed by atoms with van der Waals surface area (Å²) in [5.41, 5.74) is 3.06. The van der Waals surface area contributed by atoms with E-state index >= 15 is 0 Å². The van der Waals surface area contributed by atoms with Gasteiger partial charge < -0.3 is 0 Å². The third kappa shape index (κ3) is 2.07. The summed E-state index contributed by atoms with van der Waals surface area (Å²) < 4.78 is 1.74. The van der Waals surface area contributed by atoms with Crippen LogP contribution >= 0.6 is 15.9 Å². The maximum Gasteiger partial charge on any atom is 0.162 e. The Hall–Kier alpha value is -1.23. The average molecular weight is 267 g/mol. The minimum Gasteiger partial charge on any atom is -0.275 e. The fourth-order valence-electron chi connectivity index (χ4n) is 1.29. The van der Waals surface area contributed by atoms with Crippen molar-refractivity contribution in [2.24, 2.45) is 7.05 Å². The van der Waals surface area contributed by atoms with Gasteiger partial charge in [-0.05, 0) is 12.5 Å². The van der Waals surface area contributed by atoms with E-state index in [1.54, 1.807) is 10.9 Å². The molecule has 0 aliphatic heterocycles. The Morgan fingerprint density at radius 3 is 2.80 bits per heavy atom. The number of hydrogen-bond donors (Lipinski definition) is 0. The normalized spacial score (nSPS) is 10.6. The monoisotopic (exact) mass is 266 g/mol. The second-order valence-corrected chi connectivity index (χ2v) is 3.92. The minimum absolute atomic E-state index is 0.725. The van der Waals surface area contributed by atoms with Gasteiger partial charge in [0.1, 0.15) is 0 Å². The lowest BCUT2D eigenvalue weighted by Crippen LogP contribution is -1.95. The van der Waals surface area contributed by atoms with Gasteiger partial charge in [0, 0.05) is 24.8 Å². The third-order valence-corrected chi connectivity index (χ3v) is 2.70. The van der Waals surface area contributed by atoms with E-state index in [0.717, 1.165) is 28.0 Å². The number of aromatic nitrogens is 4. The first-order valence-electron chi connectivity index (χ1n) is 4.58. The molecule has 15 heavy (non-hydrogen) atoms. The van der Waals surface area contributed by atoms with E-state index in [-0.39, 0.29) is 0 Å². The number of hydrogen-bond acceptors (Lipinski definition) is 3. The predicted molar refractivity (Wildman–Crippen MR) is 61.6 cm³/mol. The molecular formula is C10H11BrN4. The van der Waals surface area contributed by atoms with E-state index in [4.69, 9.17) is 0 Å². The van der Waals surface area contributed by atoms with Crippen LogP contribution in [0.15, 0.2) is 18.6 Å². The fraction of sp³-hybridized carbons (Fsp3) is 0.300. The smallest absolute Gasteiger partial charge is 0.162 e. The molecule has 0 N–H and O–H groups in total. The summed E-state index contributed by atoms with van der Waals surface area (Å²) in [6, 6.07) is 0. The topological polar surface area (TPSA) is 43.6 Å². The van der Waals surface area contributed by atoms with E-state index in [1.807, 2.05) is 26.4 Å². The molecule has 78 valence electrons. The molecule has 0 radical (unpaired) electrons. The van der Waals surface area contributed by atoms with Gasteiger partial charge in [0.25, 0.3) is 0 Å². The van der Waals surface area contributed by atoms with Crippen LogP contribution in [-0.2, 0) is 12.4 Å². The molecule has 2 rings (SSSR count). The summed E-state index contributed by atoms with van der Waals surface area (Å²) in [5, 5.41) is 4.84. The molecule has 0 bridgehead atoms. The van der Waals surface area contributed by atoms with Crippen molar-refractivity contribution in [3.8, 4) is 11.4 Å². The number of rotatable bonds is 2. The second-order valence-electron chi connectivity index (χ2n) is 3.36. The molecule has 0 fully saturated rings. The molecule has 0 aliphatic carbocycles. The van der Waals surface area contributed by atoms with Crippen molar-refractivity contribution < 1.29 is 0 Å². The molecule has 2 aromatic rings. The Morgan fingerprint density at radius 1 is 1.40 bits per heavy atom. The molecule has 0 spiro atoms. The molecule has 0 aromatic carbocycles. The van der Waals surface area contributed by atoms with Gasteiger partial charge >= 0.3 is 0 Å². The lowest BCUT2D eigenvalue weighted by Gasteiger charge is -2.02. The van der Waals surface area contributed by atoms with Gasteiger partial charge in [0.05, 0.1) is 17.5 Å². The van der Waals surface area contributed by atoms with E-state index in [1.165, 1.54) is 0 Å². The largest absolute Gasteiger partial charge is 0.275 e. The highest BCUT2D eigenvalue weighted by atomic mass is 79.9. The van der Waals surface area contributed by atoms with Gasteiger partial charge in [-0.25, -0.2) is 9.97 Å². The quantitative estimate of drug-likeness (QED) is 0.782. The highest BCUT2D eigenvalue weighted by Crippen LogP contribution is 2.16. The standard InChI is InChI=1S/C10H11BrN4/c1-7-4-12-10(14-9(7)3-11)8-5-13-15(2)6-8/h4-6H,3H2,1-2H3. The minimum atomic E-state index is 0.725. The van der Waals surface area contributed by atoms with Crippen LogP contribution < -0.4 is 0 Å². The Labute approximate surface area is 96.5 Å². The molecule has 0 aliphatic rings. The number of nitrogens with zero attached hydrogens (tertiary/aromatic N) is 4. The van der Waals surface area contributed by atoms with E-state index in [0.29, 0.717) is 0 Å². The Balaban J connectivity index is 2.45. The summed E-state index contributed by atoms with van der Waals surface area (Å²) in [4.78, 5) is 8.75. The molecule has 2 heterocycles. The maximum absolute atomic E-state index is 4.46. The summed E-state index contributed by atoms with van der Waals surface area (Å²) in [6.45, 7) is 2.00. The van der Waals surface area contributed by atoms with Crippen LogP contribution in [0.1, 0.15) is 11.3 Å². The molecule has 0 saturated carbocycles. The van der Waals surface area contributed by atoms with Gasteiger partial charge in [0.15, 0.2) is 5.82 Å². The van der Waals surface area contributed by atoms with Crippen LogP contribution in [0.25, 0.3) is 11.4 Å². The summed E-state index contributed by atoms with van der Waals surface area (Å²) in [7, 11) is 1.88. The molecule has 0 atom stereocenters. The zero-order valence-corrected chi connectivity index (χ0v) is 10.2. The Kier molecular flexibility index (Phi) is 2.81. The number of alkyl halides is 1. The van der Waals surface area contributed by atoms with Gasteiger partial charge in [-0.2, -0.15) is 5.10 Å². The zero-order valence-electron chi connectivity index (χ0n) is 8.61. The zero-order chi connectivity index (χ0) is 10.8. The van der Waals surface area contributed by atoms with Crippen molar-refractivity contribution in [2.75, 3.05) is 0 Å². The highest BCUT2D eigenvalue weighted by molar-refractivity contribution is 9.08. The van der Waals surface area contributed by atoms with Crippen molar-refractivity contribution in [3.05, 3.63) is 29.8 Å². The van der Waals surface area contributed by atoms with Gasteiger partial charge in [-0.15, -0.1) is 0 Å². The van der Waals surface area contributed by atoms with Gasteiger partial charge in [-0.3, -0.25) is 4.68 Å². The van der Waals surface area contributed by atoms with Crippen LogP contribution in [0.4, 0.5) is 0 Å². The summed E-state index contributed by atoms with van der Waals surface area (Å²) >= 11 is 3.41. The van der Waals surface area contributed by atoms with Crippen molar-refractivity contribution in [1.29, 1.82) is 0 Å². The predicted octanol–water partition coefficient (Wildman–Crippen LogP) is 2.08. The molecule has 0 amide bonds. The third-order valence-electron chi connectivity index (χ3n) is 2.17. The van der Waals surface area contributed by atoms with E-state index in [9.17, 15) is 0 Å². The first kappa shape index (κ1) is 10.3. The van der Waals surface area contributed by atoms with E-state index in [2.05, 4.69) is 31.0 Å². The van der Waals surface area contributed by atoms with Crippen molar-refractivity contribution in [3.63, 3.8) is 0 Å². The molecule has 0 unspecified atom stereocenters. The van der Waals surface area contributed by atoms with Gasteiger partial charge in [0.2, 0.25) is 0 Å². The molecule has 5 heteroatoms. The summed E-state index contributed by atoms with van der Waals surface area (Å²) in [5.74, 6) is 0.725. The summed E-state index contributed by atoms with van der Waals surface area (Å²) in [6.07, 6.45) is 5.51. The molecule has 4 nitrogen and oxygen atoms in total. The Bertz CT molecular complexity index is 478. The van der Waals surface area contributed by atoms with Crippen LogP contribution in [0.2, 0.25) is 0 Å². The van der Waals surface area contributed by atoms with Crippen LogP contribution in [0, 0.1) is 6.92 Å². The lowest BCUT2D eigenvalue weighted by atomic mass is 10.2. The van der Waals surface area contributed by atoms with Crippen molar-refractivity contribution >= 4 is 15.9 Å². The Morgan fingerprint density at radius 2 is 2.20 bits per heavy atom. The first-order valence-corrected chi connectivity index (χ1v) is 5.70. The molecule has 2 aromatic heterocycles. The highest BCUT2D eigenvalue weighted by Gasteiger charge is 2.06. The lowest BCUT2D eigenvalue weighted by molar-refractivity contribution is 0.768. The van der Waals surface area contributed by atoms with Crippen LogP contribution in [0.3, 0.4) is 0 Å². The van der Waals surface area contributed by atoms with E-state index < -0.39 is 0 Å². The average Bonchev–Trinajstić information content (AvgIpc) is 2.66. The maximum atomic E-state index is 4.46. The number of halogens is 1. The number of aryl methyl sites for hydroxylation is 2. The van der Waals surface area contributed by atoms with Gasteiger partial charge in [-0.1, -0.05) is 15.9 Å². The molecular weight excluding hydrogens is 256 g/mol. The SMILES string of the molecule is Cc1cnc(-c2cnn(C)c2)nc1CBr. The van der Waals surface area contributed by atoms with Crippen molar-refractivity contribution in [1.82, 2.24) is 19.7 Å². The first-order chi connectivity index (χ1) is 7.20. The molecule has 0 saturated heterocycles. The fourth-order valence-corrected chi connectivity index (χ4v) is 1.86.